The van der Waals surface area contributed by atoms with Gasteiger partial charge in [-0.1, -0.05) is 13.3 Å². The summed E-state index contributed by atoms with van der Waals surface area (Å²) in [6.45, 7) is 2.28. The molecule has 0 aromatic heterocycles. The van der Waals surface area contributed by atoms with E-state index in [0.29, 0.717) is 23.7 Å². The van der Waals surface area contributed by atoms with Gasteiger partial charge in [0.2, 0.25) is 6.79 Å². The monoisotopic (exact) mass is 266 g/mol. The average Bonchev–Trinajstić information content (AvgIpc) is 2.90. The van der Waals surface area contributed by atoms with E-state index in [9.17, 15) is 4.79 Å². The minimum atomic E-state index is -0.578. The molecule has 0 radical (unpaired) electrons. The second-order valence-electron chi connectivity index (χ2n) is 4.29. The van der Waals surface area contributed by atoms with Gasteiger partial charge in [-0.3, -0.25) is 0 Å². The standard InChI is InChI=1S/C14H18O5/c1-3-4-5-12(14(15)16-2)19-10-6-7-11-13(8-10)18-9-17-11/h6-8,12H,3-5,9H2,1-2H3. The maximum absolute atomic E-state index is 11.7. The molecule has 0 fully saturated rings. The summed E-state index contributed by atoms with van der Waals surface area (Å²) in [4.78, 5) is 11.7. The van der Waals surface area contributed by atoms with Crippen LogP contribution in [-0.4, -0.2) is 26.0 Å². The Morgan fingerprint density at radius 2 is 2.16 bits per heavy atom. The maximum atomic E-state index is 11.7. The van der Waals surface area contributed by atoms with Gasteiger partial charge < -0.3 is 18.9 Å². The summed E-state index contributed by atoms with van der Waals surface area (Å²) in [5.41, 5.74) is 0. The van der Waals surface area contributed by atoms with Gasteiger partial charge in [-0.2, -0.15) is 0 Å². The molecule has 0 saturated carbocycles. The summed E-state index contributed by atoms with van der Waals surface area (Å²) >= 11 is 0. The highest BCUT2D eigenvalue weighted by molar-refractivity contribution is 5.75. The first-order valence-electron chi connectivity index (χ1n) is 6.38. The van der Waals surface area contributed by atoms with E-state index in [2.05, 4.69) is 6.92 Å². The quantitative estimate of drug-likeness (QED) is 0.740. The molecule has 5 nitrogen and oxygen atoms in total. The van der Waals surface area contributed by atoms with E-state index in [0.717, 1.165) is 12.8 Å². The summed E-state index contributed by atoms with van der Waals surface area (Å²) in [6, 6.07) is 5.26. The van der Waals surface area contributed by atoms with Crippen molar-refractivity contribution in [3.63, 3.8) is 0 Å². The van der Waals surface area contributed by atoms with Gasteiger partial charge in [0.25, 0.3) is 0 Å². The zero-order valence-electron chi connectivity index (χ0n) is 11.2. The molecule has 1 atom stereocenters. The van der Waals surface area contributed by atoms with E-state index in [-0.39, 0.29) is 12.8 Å². The molecule has 5 heteroatoms. The fourth-order valence-electron chi connectivity index (χ4n) is 1.86. The van der Waals surface area contributed by atoms with Gasteiger partial charge in [-0.05, 0) is 25.0 Å². The van der Waals surface area contributed by atoms with Crippen molar-refractivity contribution in [2.24, 2.45) is 0 Å². The lowest BCUT2D eigenvalue weighted by molar-refractivity contribution is -0.149. The van der Waals surface area contributed by atoms with E-state index in [1.807, 2.05) is 0 Å². The third-order valence-corrected chi connectivity index (χ3v) is 2.91. The molecule has 0 aliphatic carbocycles. The highest BCUT2D eigenvalue weighted by Crippen LogP contribution is 2.35. The van der Waals surface area contributed by atoms with E-state index < -0.39 is 6.10 Å². The van der Waals surface area contributed by atoms with Gasteiger partial charge in [0.1, 0.15) is 5.75 Å². The molecule has 1 aliphatic heterocycles. The minimum Gasteiger partial charge on any atom is -0.479 e. The number of methoxy groups -OCH3 is 1. The van der Waals surface area contributed by atoms with Crippen molar-refractivity contribution < 1.29 is 23.7 Å². The minimum absolute atomic E-state index is 0.217. The first kappa shape index (κ1) is 13.5. The molecular weight excluding hydrogens is 248 g/mol. The van der Waals surface area contributed by atoms with E-state index in [1.165, 1.54) is 7.11 Å². The predicted octanol–water partition coefficient (Wildman–Crippen LogP) is 2.53. The van der Waals surface area contributed by atoms with Gasteiger partial charge in [-0.15, -0.1) is 0 Å². The summed E-state index contributed by atoms with van der Waals surface area (Å²) in [5, 5.41) is 0. The highest BCUT2D eigenvalue weighted by Gasteiger charge is 2.22. The molecule has 1 aromatic rings. The first-order valence-corrected chi connectivity index (χ1v) is 6.38. The van der Waals surface area contributed by atoms with Crippen LogP contribution in [0.15, 0.2) is 18.2 Å². The number of esters is 1. The zero-order valence-corrected chi connectivity index (χ0v) is 11.2. The van der Waals surface area contributed by atoms with Crippen molar-refractivity contribution in [2.45, 2.75) is 32.3 Å². The smallest absolute Gasteiger partial charge is 0.347 e. The second-order valence-corrected chi connectivity index (χ2v) is 4.29. The normalized spacial score (nSPS) is 14.0. The molecule has 1 aliphatic rings. The fourth-order valence-corrected chi connectivity index (χ4v) is 1.86. The van der Waals surface area contributed by atoms with Crippen molar-refractivity contribution in [2.75, 3.05) is 13.9 Å². The number of ether oxygens (including phenoxy) is 4. The number of fused-ring (bicyclic) bond motifs is 1. The Hall–Kier alpha value is -1.91. The number of rotatable bonds is 6. The third-order valence-electron chi connectivity index (χ3n) is 2.91. The van der Waals surface area contributed by atoms with Crippen LogP contribution in [0.2, 0.25) is 0 Å². The molecule has 0 bridgehead atoms. The molecule has 1 heterocycles. The van der Waals surface area contributed by atoms with Crippen LogP contribution >= 0.6 is 0 Å². The Balaban J connectivity index is 2.05. The van der Waals surface area contributed by atoms with Crippen molar-refractivity contribution in [1.29, 1.82) is 0 Å². The summed E-state index contributed by atoms with van der Waals surface area (Å²) in [5.74, 6) is 1.55. The van der Waals surface area contributed by atoms with Crippen LogP contribution in [0.5, 0.6) is 17.2 Å². The molecule has 2 rings (SSSR count). The van der Waals surface area contributed by atoms with Crippen LogP contribution in [0.25, 0.3) is 0 Å². The number of hydrogen-bond acceptors (Lipinski definition) is 5. The molecule has 0 saturated heterocycles. The summed E-state index contributed by atoms with van der Waals surface area (Å²) in [6.07, 6.45) is 1.96. The Bertz CT molecular complexity index is 443. The van der Waals surface area contributed by atoms with Gasteiger partial charge >= 0.3 is 5.97 Å². The van der Waals surface area contributed by atoms with Crippen molar-refractivity contribution in [3.05, 3.63) is 18.2 Å². The van der Waals surface area contributed by atoms with Gasteiger partial charge in [0, 0.05) is 6.07 Å². The Morgan fingerprint density at radius 3 is 2.89 bits per heavy atom. The Labute approximate surface area is 112 Å². The summed E-state index contributed by atoms with van der Waals surface area (Å²) < 4.78 is 20.9. The molecule has 0 N–H and O–H groups in total. The lowest BCUT2D eigenvalue weighted by Gasteiger charge is -2.16. The number of benzene rings is 1. The fraction of sp³-hybridized carbons (Fsp3) is 0.500. The molecule has 1 unspecified atom stereocenters. The van der Waals surface area contributed by atoms with Crippen molar-refractivity contribution in [1.82, 2.24) is 0 Å². The maximum Gasteiger partial charge on any atom is 0.347 e. The third kappa shape index (κ3) is 3.30. The number of hydrogen-bond donors (Lipinski definition) is 0. The van der Waals surface area contributed by atoms with Crippen LogP contribution in [0.1, 0.15) is 26.2 Å². The van der Waals surface area contributed by atoms with E-state index in [1.54, 1.807) is 18.2 Å². The largest absolute Gasteiger partial charge is 0.479 e. The lowest BCUT2D eigenvalue weighted by Crippen LogP contribution is -2.28. The molecular formula is C14H18O5. The van der Waals surface area contributed by atoms with Gasteiger partial charge in [0.15, 0.2) is 17.6 Å². The topological polar surface area (TPSA) is 54.0 Å². The molecule has 104 valence electrons. The molecule has 0 amide bonds. The van der Waals surface area contributed by atoms with Crippen LogP contribution in [0.4, 0.5) is 0 Å². The molecule has 0 spiro atoms. The highest BCUT2D eigenvalue weighted by atomic mass is 16.7. The molecule has 1 aromatic carbocycles. The van der Waals surface area contributed by atoms with E-state index in [4.69, 9.17) is 18.9 Å². The molecule has 19 heavy (non-hydrogen) atoms. The zero-order chi connectivity index (χ0) is 13.7. The van der Waals surface area contributed by atoms with Crippen molar-refractivity contribution >= 4 is 5.97 Å². The van der Waals surface area contributed by atoms with Gasteiger partial charge in [-0.25, -0.2) is 4.79 Å². The first-order chi connectivity index (χ1) is 9.24. The Morgan fingerprint density at radius 1 is 1.37 bits per heavy atom. The Kier molecular flexibility index (Phi) is 4.49. The summed E-state index contributed by atoms with van der Waals surface area (Å²) in [7, 11) is 1.37. The lowest BCUT2D eigenvalue weighted by atomic mass is 10.1. The average molecular weight is 266 g/mol. The number of carbonyl (C=O) groups is 1. The second kappa shape index (κ2) is 6.31. The number of carbonyl (C=O) groups excluding carboxylic acids is 1. The van der Waals surface area contributed by atoms with Gasteiger partial charge in [0.05, 0.1) is 7.11 Å². The number of unbranched alkanes of at least 4 members (excludes halogenated alkanes) is 1. The van der Waals surface area contributed by atoms with E-state index >= 15 is 0 Å². The SMILES string of the molecule is CCCCC(Oc1ccc2c(c1)OCO2)C(=O)OC. The van der Waals surface area contributed by atoms with Crippen molar-refractivity contribution in [3.8, 4) is 17.2 Å². The van der Waals surface area contributed by atoms with Crippen LogP contribution in [0, 0.1) is 0 Å². The van der Waals surface area contributed by atoms with Crippen LogP contribution < -0.4 is 14.2 Å². The van der Waals surface area contributed by atoms with Crippen LogP contribution in [-0.2, 0) is 9.53 Å². The predicted molar refractivity (Wildman–Crippen MR) is 68.5 cm³/mol. The van der Waals surface area contributed by atoms with Crippen LogP contribution in [0.3, 0.4) is 0 Å².